The summed E-state index contributed by atoms with van der Waals surface area (Å²) in [7, 11) is 0. The number of benzene rings is 8. The molecule has 13 rings (SSSR count). The van der Waals surface area contributed by atoms with E-state index >= 15 is 0 Å². The van der Waals surface area contributed by atoms with Gasteiger partial charge in [0.25, 0.3) is 0 Å². The minimum Gasteiger partial charge on any atom is -0.309 e. The van der Waals surface area contributed by atoms with Gasteiger partial charge in [0.15, 0.2) is 0 Å². The highest BCUT2D eigenvalue weighted by Crippen LogP contribution is 2.61. The molecule has 64 heavy (non-hydrogen) atoms. The van der Waals surface area contributed by atoms with E-state index in [0.717, 1.165) is 17.8 Å². The summed E-state index contributed by atoms with van der Waals surface area (Å²) in [5, 5.41) is 2.56. The molecule has 4 atom stereocenters. The minimum absolute atomic E-state index is 0.0641. The Hall–Kier alpha value is -6.18. The lowest BCUT2D eigenvalue weighted by Gasteiger charge is -2.39. The summed E-state index contributed by atoms with van der Waals surface area (Å²) in [4.78, 5) is 2.63. The Bertz CT molecular complexity index is 2990. The molecule has 8 aromatic rings. The van der Waals surface area contributed by atoms with Gasteiger partial charge in [-0.25, -0.2) is 0 Å². The number of hydrogen-bond donors (Lipinski definition) is 0. The third-order valence-electron chi connectivity index (χ3n) is 16.5. The SMILES string of the molecule is C[C@H]1CCCCCC(C2(C)c3ccccc3-c3c(N(c4ccc(-c5ccc(-c6ccccc6)c6ccccc56)cc4)c4ccccc4-c4ccccc4C4CC5CC4C5)cccc32)C1. The topological polar surface area (TPSA) is 3.24 Å². The number of fused-ring (bicyclic) bond motifs is 5. The molecular weight excluding hydrogens is 771 g/mol. The molecule has 0 aromatic heterocycles. The van der Waals surface area contributed by atoms with Crippen LogP contribution in [0.3, 0.4) is 0 Å². The van der Waals surface area contributed by atoms with Gasteiger partial charge in [0, 0.05) is 22.2 Å². The van der Waals surface area contributed by atoms with Gasteiger partial charge in [-0.15, -0.1) is 0 Å². The maximum absolute atomic E-state index is 2.63. The molecule has 0 aliphatic heterocycles. The van der Waals surface area contributed by atoms with Gasteiger partial charge < -0.3 is 4.90 Å². The van der Waals surface area contributed by atoms with Crippen molar-refractivity contribution < 1.29 is 0 Å². The highest BCUT2D eigenvalue weighted by molar-refractivity contribution is 6.05. The predicted molar refractivity (Wildman–Crippen MR) is 271 cm³/mol. The van der Waals surface area contributed by atoms with Gasteiger partial charge in [-0.2, -0.15) is 0 Å². The molecule has 1 heteroatoms. The largest absolute Gasteiger partial charge is 0.309 e. The number of nitrogens with zero attached hydrogens (tertiary/aromatic N) is 1. The Kier molecular flexibility index (Phi) is 9.92. The average molecular weight is 830 g/mol. The second-order valence-corrected chi connectivity index (χ2v) is 20.1. The molecule has 4 fully saturated rings. The van der Waals surface area contributed by atoms with Crippen molar-refractivity contribution in [2.24, 2.45) is 23.7 Å². The van der Waals surface area contributed by atoms with Gasteiger partial charge in [-0.1, -0.05) is 197 Å². The van der Waals surface area contributed by atoms with Crippen LogP contribution in [-0.2, 0) is 5.41 Å². The highest BCUT2D eigenvalue weighted by atomic mass is 15.1. The van der Waals surface area contributed by atoms with Gasteiger partial charge in [0.05, 0.1) is 11.4 Å². The zero-order chi connectivity index (χ0) is 42.8. The fraction of sp³-hybridized carbons (Fsp3) is 0.270. The summed E-state index contributed by atoms with van der Waals surface area (Å²) < 4.78 is 0. The smallest absolute Gasteiger partial charge is 0.0543 e. The van der Waals surface area contributed by atoms with Crippen molar-refractivity contribution in [1.82, 2.24) is 0 Å². The fourth-order valence-electron chi connectivity index (χ4n) is 13.3. The Morgan fingerprint density at radius 1 is 0.453 bits per heavy atom. The molecular formula is C63H59N. The Balaban J connectivity index is 1.04. The number of hydrogen-bond acceptors (Lipinski definition) is 1. The summed E-state index contributed by atoms with van der Waals surface area (Å²) in [5.74, 6) is 3.70. The van der Waals surface area contributed by atoms with E-state index in [4.69, 9.17) is 0 Å². The van der Waals surface area contributed by atoms with Crippen molar-refractivity contribution in [3.8, 4) is 44.5 Å². The molecule has 0 radical (unpaired) electrons. The molecule has 8 aromatic carbocycles. The van der Waals surface area contributed by atoms with Crippen molar-refractivity contribution >= 4 is 27.8 Å². The molecule has 316 valence electrons. The zero-order valence-corrected chi connectivity index (χ0v) is 37.5. The summed E-state index contributed by atoms with van der Waals surface area (Å²) in [6, 6.07) is 69.3. The summed E-state index contributed by atoms with van der Waals surface area (Å²) in [5.41, 5.74) is 18.7. The van der Waals surface area contributed by atoms with Crippen molar-refractivity contribution in [2.75, 3.05) is 4.90 Å². The van der Waals surface area contributed by atoms with Gasteiger partial charge in [-0.3, -0.25) is 0 Å². The van der Waals surface area contributed by atoms with E-state index in [-0.39, 0.29) is 5.41 Å². The van der Waals surface area contributed by atoms with Crippen LogP contribution in [0.25, 0.3) is 55.3 Å². The molecule has 0 amide bonds. The highest BCUT2D eigenvalue weighted by Gasteiger charge is 2.47. The molecule has 5 aliphatic rings. The Morgan fingerprint density at radius 2 is 1.06 bits per heavy atom. The van der Waals surface area contributed by atoms with E-state index in [1.54, 1.807) is 0 Å². The van der Waals surface area contributed by atoms with Crippen LogP contribution in [0.15, 0.2) is 182 Å². The lowest BCUT2D eigenvalue weighted by atomic mass is 9.64. The molecule has 2 bridgehead atoms. The maximum atomic E-state index is 2.63. The quantitative estimate of drug-likeness (QED) is 0.147. The molecule has 4 saturated carbocycles. The van der Waals surface area contributed by atoms with Crippen LogP contribution >= 0.6 is 0 Å². The summed E-state index contributed by atoms with van der Waals surface area (Å²) in [6.07, 6.45) is 12.1. The van der Waals surface area contributed by atoms with E-state index in [0.29, 0.717) is 11.8 Å². The molecule has 0 N–H and O–H groups in total. The molecule has 1 nitrogen and oxygen atoms in total. The van der Waals surface area contributed by atoms with Crippen molar-refractivity contribution in [3.63, 3.8) is 0 Å². The standard InChI is InChI=1S/C63H59N/c1-42-18-5-3-8-21-47(38-42)63(2)58-28-15-13-27-56(58)62-59(63)29-17-31-61(62)64(60-30-16-14-26-55(60)53-24-11-12-25-54(53)57-41-43-39-46(57)40-43)48-34-32-45(33-35-48)50-37-36-49(44-19-6-4-7-20-44)51-22-9-10-23-52(50)51/h4,6-7,9-17,19-20,22-37,42-43,46-47,57H,3,5,8,18,21,38-41H2,1-2H3/t42-,43?,46?,47?,57?,63?/m0/s1. The third-order valence-corrected chi connectivity index (χ3v) is 16.5. The normalized spacial score (nSPS) is 23.4. The fourth-order valence-corrected chi connectivity index (χ4v) is 13.3. The predicted octanol–water partition coefficient (Wildman–Crippen LogP) is 17.7. The van der Waals surface area contributed by atoms with Gasteiger partial charge in [0.1, 0.15) is 0 Å². The van der Waals surface area contributed by atoms with Crippen LogP contribution in [0, 0.1) is 23.7 Å². The minimum atomic E-state index is -0.0641. The lowest BCUT2D eigenvalue weighted by molar-refractivity contribution is 0.236. The second kappa shape index (κ2) is 16.1. The Labute approximate surface area is 380 Å². The maximum Gasteiger partial charge on any atom is 0.0543 e. The van der Waals surface area contributed by atoms with Gasteiger partial charge >= 0.3 is 0 Å². The van der Waals surface area contributed by atoms with E-state index in [2.05, 4.69) is 201 Å². The monoisotopic (exact) mass is 829 g/mol. The van der Waals surface area contributed by atoms with E-state index in [1.807, 2.05) is 0 Å². The van der Waals surface area contributed by atoms with Crippen LogP contribution < -0.4 is 4.90 Å². The van der Waals surface area contributed by atoms with Crippen LogP contribution in [0.1, 0.15) is 94.2 Å². The number of para-hydroxylation sites is 1. The molecule has 0 heterocycles. The lowest BCUT2D eigenvalue weighted by Crippen LogP contribution is -2.33. The van der Waals surface area contributed by atoms with Gasteiger partial charge in [0.2, 0.25) is 0 Å². The first-order chi connectivity index (χ1) is 31.5. The molecule has 0 saturated heterocycles. The first kappa shape index (κ1) is 39.4. The molecule has 5 aliphatic carbocycles. The average Bonchev–Trinajstić information content (AvgIpc) is 4.02. The first-order valence-electron chi connectivity index (χ1n) is 24.4. The van der Waals surface area contributed by atoms with Crippen LogP contribution in [-0.4, -0.2) is 0 Å². The van der Waals surface area contributed by atoms with Crippen LogP contribution in [0.2, 0.25) is 0 Å². The van der Waals surface area contributed by atoms with Crippen LogP contribution in [0.4, 0.5) is 17.1 Å². The Morgan fingerprint density at radius 3 is 1.81 bits per heavy atom. The second-order valence-electron chi connectivity index (χ2n) is 20.1. The van der Waals surface area contributed by atoms with Crippen LogP contribution in [0.5, 0.6) is 0 Å². The third kappa shape index (κ3) is 6.49. The summed E-state index contributed by atoms with van der Waals surface area (Å²) in [6.45, 7) is 5.11. The van der Waals surface area contributed by atoms with E-state index in [1.165, 1.54) is 147 Å². The number of anilines is 3. The van der Waals surface area contributed by atoms with Crippen molar-refractivity contribution in [1.29, 1.82) is 0 Å². The van der Waals surface area contributed by atoms with E-state index < -0.39 is 0 Å². The first-order valence-corrected chi connectivity index (χ1v) is 24.4. The van der Waals surface area contributed by atoms with Crippen molar-refractivity contribution in [3.05, 3.63) is 199 Å². The molecule has 0 spiro atoms. The zero-order valence-electron chi connectivity index (χ0n) is 37.5. The number of rotatable bonds is 8. The van der Waals surface area contributed by atoms with Crippen molar-refractivity contribution in [2.45, 2.75) is 83.0 Å². The van der Waals surface area contributed by atoms with E-state index in [9.17, 15) is 0 Å². The summed E-state index contributed by atoms with van der Waals surface area (Å²) >= 11 is 0. The molecule has 3 unspecified atom stereocenters. The van der Waals surface area contributed by atoms with Gasteiger partial charge in [-0.05, 0) is 147 Å².